The van der Waals surface area contributed by atoms with E-state index in [-0.39, 0.29) is 19.6 Å². The van der Waals surface area contributed by atoms with Crippen molar-refractivity contribution < 1.29 is 23.8 Å². The van der Waals surface area contributed by atoms with Gasteiger partial charge >= 0.3 is 7.60 Å². The van der Waals surface area contributed by atoms with Gasteiger partial charge in [-0.15, -0.1) is 0 Å². The summed E-state index contributed by atoms with van der Waals surface area (Å²) in [7, 11) is -3.56. The predicted molar refractivity (Wildman–Crippen MR) is 84.7 cm³/mol. The lowest BCUT2D eigenvalue weighted by Gasteiger charge is -2.11. The van der Waals surface area contributed by atoms with Gasteiger partial charge in [-0.1, -0.05) is 36.4 Å². The van der Waals surface area contributed by atoms with Gasteiger partial charge in [0.05, 0.1) is 12.8 Å². The second-order valence-corrected chi connectivity index (χ2v) is 6.56. The number of aliphatic hydroxyl groups is 1. The molecule has 5 nitrogen and oxygen atoms in total. The fourth-order valence-corrected chi connectivity index (χ4v) is 3.27. The molecule has 6 heteroatoms. The molecule has 2 N–H and O–H groups in total. The first kappa shape index (κ1) is 16.7. The zero-order chi connectivity index (χ0) is 16.0. The van der Waals surface area contributed by atoms with Gasteiger partial charge in [0.2, 0.25) is 0 Å². The minimum absolute atomic E-state index is 0.00436. The van der Waals surface area contributed by atoms with Gasteiger partial charge in [0.1, 0.15) is 5.75 Å². The largest absolute Gasteiger partial charge is 0.468 e. The van der Waals surface area contributed by atoms with Gasteiger partial charge in [0.15, 0.2) is 6.79 Å². The zero-order valence-corrected chi connectivity index (χ0v) is 13.2. The third-order valence-corrected chi connectivity index (χ3v) is 4.51. The molecular weight excluding hydrogens is 303 g/mol. The molecule has 2 rings (SSSR count). The van der Waals surface area contributed by atoms with E-state index in [1.807, 2.05) is 36.4 Å². The molecule has 0 aliphatic heterocycles. The Balaban J connectivity index is 2.09. The fraction of sp³-hybridized carbons (Fsp3) is 0.250. The molecule has 0 radical (unpaired) electrons. The monoisotopic (exact) mass is 322 g/mol. The molecule has 1 atom stereocenters. The van der Waals surface area contributed by atoms with Crippen molar-refractivity contribution in [2.24, 2.45) is 0 Å². The third-order valence-electron chi connectivity index (χ3n) is 3.09. The van der Waals surface area contributed by atoms with Crippen LogP contribution in [0.15, 0.2) is 48.5 Å². The fourth-order valence-electron chi connectivity index (χ4n) is 2.10. The minimum atomic E-state index is -3.56. The average Bonchev–Trinajstić information content (AvgIpc) is 2.49. The van der Waals surface area contributed by atoms with Crippen LogP contribution in [0.4, 0.5) is 0 Å². The summed E-state index contributed by atoms with van der Waals surface area (Å²) in [6.07, 6.45) is 0.00436. The highest BCUT2D eigenvalue weighted by atomic mass is 31.2. The molecule has 0 saturated heterocycles. The van der Waals surface area contributed by atoms with Crippen molar-refractivity contribution >= 4 is 7.60 Å². The van der Waals surface area contributed by atoms with Gasteiger partial charge in [-0.2, -0.15) is 0 Å². The molecule has 0 heterocycles. The van der Waals surface area contributed by atoms with Gasteiger partial charge in [-0.3, -0.25) is 4.57 Å². The van der Waals surface area contributed by atoms with Crippen molar-refractivity contribution in [2.45, 2.75) is 13.1 Å². The summed E-state index contributed by atoms with van der Waals surface area (Å²) in [6.45, 7) is 1.55. The van der Waals surface area contributed by atoms with Crippen molar-refractivity contribution in [2.75, 3.05) is 13.4 Å². The number of benzene rings is 2. The number of rotatable bonds is 7. The van der Waals surface area contributed by atoms with Gasteiger partial charge < -0.3 is 19.3 Å². The molecule has 0 fully saturated rings. The number of hydrogen-bond donors (Lipinski definition) is 2. The molecule has 22 heavy (non-hydrogen) atoms. The van der Waals surface area contributed by atoms with Crippen molar-refractivity contribution in [3.8, 4) is 16.9 Å². The van der Waals surface area contributed by atoms with Crippen LogP contribution in [-0.2, 0) is 15.3 Å². The van der Waals surface area contributed by atoms with Gasteiger partial charge in [0.25, 0.3) is 0 Å². The Bertz CT molecular complexity index is 637. The summed E-state index contributed by atoms with van der Waals surface area (Å²) in [5.74, 6) is 0.598. The van der Waals surface area contributed by atoms with Crippen LogP contribution in [0.3, 0.4) is 0 Å². The lowest BCUT2D eigenvalue weighted by molar-refractivity contribution is 0.0985. The van der Waals surface area contributed by atoms with Crippen LogP contribution < -0.4 is 4.74 Å². The summed E-state index contributed by atoms with van der Waals surface area (Å²) in [6, 6.07) is 14.7. The smallest absolute Gasteiger partial charge is 0.332 e. The van der Waals surface area contributed by atoms with Crippen LogP contribution in [0.5, 0.6) is 5.75 Å². The van der Waals surface area contributed by atoms with E-state index in [9.17, 15) is 9.46 Å². The molecule has 0 saturated carbocycles. The highest BCUT2D eigenvalue weighted by Crippen LogP contribution is 2.45. The molecule has 0 bridgehead atoms. The van der Waals surface area contributed by atoms with Crippen molar-refractivity contribution in [3.05, 3.63) is 54.1 Å². The lowest BCUT2D eigenvalue weighted by Crippen LogP contribution is -1.94. The van der Waals surface area contributed by atoms with Gasteiger partial charge in [-0.25, -0.2) is 0 Å². The summed E-state index contributed by atoms with van der Waals surface area (Å²) >= 11 is 0. The van der Waals surface area contributed by atoms with Crippen LogP contribution in [0.25, 0.3) is 11.1 Å². The Morgan fingerprint density at radius 3 is 2.05 bits per heavy atom. The summed E-state index contributed by atoms with van der Waals surface area (Å²) in [5, 5.41) is 8.69. The molecule has 0 aliphatic rings. The Labute approximate surface area is 129 Å². The van der Waals surface area contributed by atoms with Crippen LogP contribution in [0.1, 0.15) is 12.5 Å². The Hall–Kier alpha value is -1.65. The van der Waals surface area contributed by atoms with E-state index in [0.717, 1.165) is 16.7 Å². The molecule has 0 aliphatic carbocycles. The number of aliphatic hydroxyl groups excluding tert-OH is 1. The standard InChI is InChI=1S/C16H19O5P/c1-2-21-22(18,19)11-13-3-5-14(6-4-13)15-7-9-16(10-8-15)20-12-17/h3-10,17H,2,11-12H2,1H3,(H,18,19). The van der Waals surface area contributed by atoms with Gasteiger partial charge in [-0.05, 0) is 35.7 Å². The summed E-state index contributed by atoms with van der Waals surface area (Å²) in [5.41, 5.74) is 2.74. The van der Waals surface area contributed by atoms with Crippen LogP contribution in [-0.4, -0.2) is 23.4 Å². The highest BCUT2D eigenvalue weighted by Gasteiger charge is 2.18. The van der Waals surface area contributed by atoms with E-state index in [1.54, 1.807) is 19.1 Å². The first-order valence-corrected chi connectivity index (χ1v) is 8.70. The number of hydrogen-bond acceptors (Lipinski definition) is 4. The Morgan fingerprint density at radius 1 is 1.00 bits per heavy atom. The molecule has 118 valence electrons. The first-order chi connectivity index (χ1) is 10.5. The van der Waals surface area contributed by atoms with E-state index in [1.165, 1.54) is 0 Å². The van der Waals surface area contributed by atoms with E-state index >= 15 is 0 Å². The molecular formula is C16H19O5P. The minimum Gasteiger partial charge on any atom is -0.468 e. The topological polar surface area (TPSA) is 76.0 Å². The zero-order valence-electron chi connectivity index (χ0n) is 12.3. The van der Waals surface area contributed by atoms with E-state index < -0.39 is 7.60 Å². The second-order valence-electron chi connectivity index (χ2n) is 4.71. The maximum atomic E-state index is 11.7. The van der Waals surface area contributed by atoms with E-state index in [2.05, 4.69) is 0 Å². The normalized spacial score (nSPS) is 13.6. The van der Waals surface area contributed by atoms with Crippen molar-refractivity contribution in [1.82, 2.24) is 0 Å². The Kier molecular flexibility index (Phi) is 5.75. The maximum absolute atomic E-state index is 11.7. The SMILES string of the molecule is CCOP(=O)(O)Cc1ccc(-c2ccc(OCO)cc2)cc1. The summed E-state index contributed by atoms with van der Waals surface area (Å²) < 4.78 is 21.6. The van der Waals surface area contributed by atoms with Crippen LogP contribution >= 0.6 is 7.60 Å². The first-order valence-electron chi connectivity index (χ1n) is 6.93. The highest BCUT2D eigenvalue weighted by molar-refractivity contribution is 7.51. The van der Waals surface area contributed by atoms with Gasteiger partial charge in [0, 0.05) is 0 Å². The number of ether oxygens (including phenoxy) is 1. The lowest BCUT2D eigenvalue weighted by atomic mass is 10.0. The second kappa shape index (κ2) is 7.56. The molecule has 1 unspecified atom stereocenters. The quantitative estimate of drug-likeness (QED) is 0.603. The predicted octanol–water partition coefficient (Wildman–Crippen LogP) is 3.40. The average molecular weight is 322 g/mol. The van der Waals surface area contributed by atoms with Crippen LogP contribution in [0, 0.1) is 0 Å². The van der Waals surface area contributed by atoms with Crippen molar-refractivity contribution in [3.63, 3.8) is 0 Å². The molecule has 2 aromatic carbocycles. The van der Waals surface area contributed by atoms with Crippen LogP contribution in [0.2, 0.25) is 0 Å². The molecule has 0 aromatic heterocycles. The summed E-state index contributed by atoms with van der Waals surface area (Å²) in [4.78, 5) is 9.63. The third kappa shape index (κ3) is 4.68. The molecule has 0 spiro atoms. The van der Waals surface area contributed by atoms with E-state index in [4.69, 9.17) is 14.4 Å². The van der Waals surface area contributed by atoms with Crippen molar-refractivity contribution in [1.29, 1.82) is 0 Å². The molecule has 0 amide bonds. The van der Waals surface area contributed by atoms with E-state index in [0.29, 0.717) is 5.75 Å². The maximum Gasteiger partial charge on any atom is 0.332 e. The Morgan fingerprint density at radius 2 is 1.55 bits per heavy atom. The molecule has 2 aromatic rings.